The summed E-state index contributed by atoms with van der Waals surface area (Å²) >= 11 is 0. The zero-order valence-corrected chi connectivity index (χ0v) is 13.6. The second-order valence-corrected chi connectivity index (χ2v) is 5.98. The molecule has 0 unspecified atom stereocenters. The number of amides is 1. The Bertz CT molecular complexity index is 620. The van der Waals surface area contributed by atoms with Crippen molar-refractivity contribution < 1.29 is 4.79 Å². The highest BCUT2D eigenvalue weighted by Crippen LogP contribution is 2.18. The molecule has 0 aromatic carbocycles. The molecule has 1 aliphatic rings. The number of carbonyl (C=O) groups is 1. The first-order valence-electron chi connectivity index (χ1n) is 8.29. The van der Waals surface area contributed by atoms with E-state index in [-0.39, 0.29) is 5.91 Å². The topological polar surface area (TPSA) is 68.0 Å². The smallest absolute Gasteiger partial charge is 0.239 e. The van der Waals surface area contributed by atoms with E-state index in [9.17, 15) is 4.79 Å². The summed E-state index contributed by atoms with van der Waals surface area (Å²) in [6.45, 7) is 5.14. The Balaban J connectivity index is 1.55. The normalized spacial score (nSPS) is 18.4. The number of aryl methyl sites for hydroxylation is 1. The number of rotatable bonds is 7. The van der Waals surface area contributed by atoms with Crippen molar-refractivity contribution in [1.29, 1.82) is 0 Å². The van der Waals surface area contributed by atoms with Crippen LogP contribution in [0.15, 0.2) is 30.7 Å². The number of nitrogens with zero attached hydrogens (tertiary/aromatic N) is 5. The lowest BCUT2D eigenvalue weighted by molar-refractivity contribution is -0.117. The van der Waals surface area contributed by atoms with Gasteiger partial charge in [-0.3, -0.25) is 14.4 Å². The third-order valence-electron chi connectivity index (χ3n) is 4.22. The van der Waals surface area contributed by atoms with Gasteiger partial charge < -0.3 is 5.32 Å². The van der Waals surface area contributed by atoms with Gasteiger partial charge in [0.25, 0.3) is 0 Å². The second kappa shape index (κ2) is 7.41. The fraction of sp³-hybridized carbons (Fsp3) is 0.562. The molecule has 1 atom stereocenters. The number of hydrogen-bond acceptors (Lipinski definition) is 4. The number of anilines is 1. The molecule has 7 heteroatoms. The van der Waals surface area contributed by atoms with Gasteiger partial charge in [0.1, 0.15) is 5.82 Å². The first-order chi connectivity index (χ1) is 11.3. The van der Waals surface area contributed by atoms with Crippen LogP contribution in [0.5, 0.6) is 0 Å². The predicted molar refractivity (Wildman–Crippen MR) is 88.0 cm³/mol. The van der Waals surface area contributed by atoms with Gasteiger partial charge in [-0.25, -0.2) is 4.68 Å². The van der Waals surface area contributed by atoms with Crippen LogP contribution >= 0.6 is 0 Å². The molecule has 124 valence electrons. The van der Waals surface area contributed by atoms with E-state index >= 15 is 0 Å². The molecule has 0 bridgehead atoms. The highest BCUT2D eigenvalue weighted by Gasteiger charge is 2.26. The Labute approximate surface area is 136 Å². The fourth-order valence-corrected chi connectivity index (χ4v) is 3.13. The Morgan fingerprint density at radius 2 is 2.30 bits per heavy atom. The van der Waals surface area contributed by atoms with E-state index < -0.39 is 0 Å². The molecule has 1 amide bonds. The highest BCUT2D eigenvalue weighted by molar-refractivity contribution is 5.91. The Morgan fingerprint density at radius 1 is 1.39 bits per heavy atom. The molecule has 0 radical (unpaired) electrons. The van der Waals surface area contributed by atoms with Crippen molar-refractivity contribution in [2.45, 2.75) is 45.3 Å². The number of aromatic nitrogens is 4. The van der Waals surface area contributed by atoms with Crippen LogP contribution in [0.1, 0.15) is 26.2 Å². The second-order valence-electron chi connectivity index (χ2n) is 5.98. The lowest BCUT2D eigenvalue weighted by atomic mass is 10.2. The maximum atomic E-state index is 12.4. The van der Waals surface area contributed by atoms with E-state index in [1.54, 1.807) is 12.4 Å². The van der Waals surface area contributed by atoms with E-state index in [0.717, 1.165) is 44.7 Å². The fourth-order valence-electron chi connectivity index (χ4n) is 3.13. The summed E-state index contributed by atoms with van der Waals surface area (Å²) in [6, 6.07) is 4.15. The van der Waals surface area contributed by atoms with Crippen LogP contribution in [0.2, 0.25) is 0 Å². The van der Waals surface area contributed by atoms with Crippen LogP contribution in [0.25, 0.3) is 0 Å². The van der Waals surface area contributed by atoms with Crippen molar-refractivity contribution in [3.63, 3.8) is 0 Å². The molecule has 1 N–H and O–H groups in total. The molecule has 0 spiro atoms. The van der Waals surface area contributed by atoms with Gasteiger partial charge in [-0.15, -0.1) is 0 Å². The van der Waals surface area contributed by atoms with Gasteiger partial charge in [-0.2, -0.15) is 10.2 Å². The standard InChI is InChI=1S/C16H24N6O/c1-2-9-22-15(6-8-18-22)19-16(23)13-20-10-3-5-14(20)12-21-11-4-7-17-21/h4,6-8,11,14H,2-3,5,9-10,12-13H2,1H3,(H,19,23)/t14-/m0/s1. The molecular formula is C16H24N6O. The summed E-state index contributed by atoms with van der Waals surface area (Å²) in [5, 5.41) is 11.5. The maximum absolute atomic E-state index is 12.4. The van der Waals surface area contributed by atoms with Gasteiger partial charge in [-0.05, 0) is 31.9 Å². The molecule has 1 fully saturated rings. The average Bonchev–Trinajstić information content (AvgIpc) is 3.25. The van der Waals surface area contributed by atoms with E-state index in [4.69, 9.17) is 0 Å². The Hall–Kier alpha value is -2.15. The molecule has 3 rings (SSSR count). The van der Waals surface area contributed by atoms with Crippen LogP contribution < -0.4 is 5.32 Å². The molecule has 23 heavy (non-hydrogen) atoms. The quantitative estimate of drug-likeness (QED) is 0.842. The number of likely N-dealkylation sites (tertiary alicyclic amines) is 1. The molecule has 2 aromatic rings. The summed E-state index contributed by atoms with van der Waals surface area (Å²) < 4.78 is 3.78. The minimum Gasteiger partial charge on any atom is -0.310 e. The van der Waals surface area contributed by atoms with Crippen molar-refractivity contribution in [3.05, 3.63) is 30.7 Å². The molecule has 1 aliphatic heterocycles. The summed E-state index contributed by atoms with van der Waals surface area (Å²) in [5.74, 6) is 0.801. The van der Waals surface area contributed by atoms with E-state index in [0.29, 0.717) is 12.6 Å². The molecule has 0 aliphatic carbocycles. The summed E-state index contributed by atoms with van der Waals surface area (Å²) in [4.78, 5) is 14.6. The van der Waals surface area contributed by atoms with Crippen LogP contribution in [0.4, 0.5) is 5.82 Å². The third kappa shape index (κ3) is 3.98. The summed E-state index contributed by atoms with van der Waals surface area (Å²) in [7, 11) is 0. The average molecular weight is 316 g/mol. The number of nitrogens with one attached hydrogen (secondary N) is 1. The van der Waals surface area contributed by atoms with E-state index in [1.165, 1.54) is 0 Å². The third-order valence-corrected chi connectivity index (χ3v) is 4.22. The Kier molecular flexibility index (Phi) is 5.07. The molecule has 2 aromatic heterocycles. The zero-order valence-electron chi connectivity index (χ0n) is 13.6. The van der Waals surface area contributed by atoms with Crippen molar-refractivity contribution in [3.8, 4) is 0 Å². The van der Waals surface area contributed by atoms with Gasteiger partial charge >= 0.3 is 0 Å². The zero-order chi connectivity index (χ0) is 16.1. The SMILES string of the molecule is CCCn1nccc1NC(=O)CN1CCC[C@H]1Cn1cccn1. The van der Waals surface area contributed by atoms with Gasteiger partial charge in [0.2, 0.25) is 5.91 Å². The van der Waals surface area contributed by atoms with Crippen molar-refractivity contribution in [1.82, 2.24) is 24.5 Å². The van der Waals surface area contributed by atoms with E-state index in [1.807, 2.05) is 27.7 Å². The number of hydrogen-bond donors (Lipinski definition) is 1. The lowest BCUT2D eigenvalue weighted by Crippen LogP contribution is -2.39. The van der Waals surface area contributed by atoms with Crippen LogP contribution in [0.3, 0.4) is 0 Å². The van der Waals surface area contributed by atoms with Gasteiger partial charge in [0.15, 0.2) is 0 Å². The first kappa shape index (κ1) is 15.7. The molecule has 0 saturated carbocycles. The molecular weight excluding hydrogens is 292 g/mol. The number of carbonyl (C=O) groups excluding carboxylic acids is 1. The summed E-state index contributed by atoms with van der Waals surface area (Å²) in [5.41, 5.74) is 0. The van der Waals surface area contributed by atoms with Crippen LogP contribution in [-0.2, 0) is 17.9 Å². The largest absolute Gasteiger partial charge is 0.310 e. The lowest BCUT2D eigenvalue weighted by Gasteiger charge is -2.23. The van der Waals surface area contributed by atoms with Crippen molar-refractivity contribution >= 4 is 11.7 Å². The van der Waals surface area contributed by atoms with Crippen LogP contribution in [0, 0.1) is 0 Å². The minimum atomic E-state index is 0.0234. The van der Waals surface area contributed by atoms with Crippen molar-refractivity contribution in [2.75, 3.05) is 18.4 Å². The van der Waals surface area contributed by atoms with Crippen LogP contribution in [-0.4, -0.2) is 49.5 Å². The monoisotopic (exact) mass is 316 g/mol. The minimum absolute atomic E-state index is 0.0234. The summed E-state index contributed by atoms with van der Waals surface area (Å²) in [6.07, 6.45) is 8.72. The predicted octanol–water partition coefficient (Wildman–Crippen LogP) is 1.59. The molecule has 7 nitrogen and oxygen atoms in total. The highest BCUT2D eigenvalue weighted by atomic mass is 16.2. The first-order valence-corrected chi connectivity index (χ1v) is 8.29. The van der Waals surface area contributed by atoms with Gasteiger partial charge in [-0.1, -0.05) is 6.92 Å². The van der Waals surface area contributed by atoms with E-state index in [2.05, 4.69) is 27.3 Å². The van der Waals surface area contributed by atoms with Gasteiger partial charge in [0.05, 0.1) is 19.3 Å². The molecule has 1 saturated heterocycles. The maximum Gasteiger partial charge on any atom is 0.239 e. The Morgan fingerprint density at radius 3 is 3.09 bits per heavy atom. The molecule has 3 heterocycles. The van der Waals surface area contributed by atoms with Gasteiger partial charge in [0, 0.05) is 31.0 Å². The van der Waals surface area contributed by atoms with Crippen molar-refractivity contribution in [2.24, 2.45) is 0 Å².